The van der Waals surface area contributed by atoms with Crippen molar-refractivity contribution in [2.24, 2.45) is 11.7 Å². The highest BCUT2D eigenvalue weighted by molar-refractivity contribution is 9.10. The molecule has 0 unspecified atom stereocenters. The zero-order chi connectivity index (χ0) is 14.0. The molecule has 1 aliphatic rings. The molecule has 0 aliphatic carbocycles. The predicted octanol–water partition coefficient (Wildman–Crippen LogP) is 1.95. The Morgan fingerprint density at radius 2 is 2.00 bits per heavy atom. The molecule has 1 fully saturated rings. The number of rotatable bonds is 3. The van der Waals surface area contributed by atoms with Crippen molar-refractivity contribution in [2.75, 3.05) is 19.6 Å². The number of sulfonamides is 1. The summed E-state index contributed by atoms with van der Waals surface area (Å²) >= 11 is 3.11. The summed E-state index contributed by atoms with van der Waals surface area (Å²) in [5.74, 6) is -0.364. The number of nitrogens with zero attached hydrogens (tertiary/aromatic N) is 1. The van der Waals surface area contributed by atoms with Crippen molar-refractivity contribution in [1.29, 1.82) is 0 Å². The number of hydrogen-bond acceptors (Lipinski definition) is 3. The Morgan fingerprint density at radius 1 is 1.37 bits per heavy atom. The maximum Gasteiger partial charge on any atom is 0.245 e. The van der Waals surface area contributed by atoms with Gasteiger partial charge in [0, 0.05) is 17.6 Å². The molecule has 0 spiro atoms. The second kappa shape index (κ2) is 5.87. The molecule has 1 saturated heterocycles. The molecule has 0 saturated carbocycles. The molecule has 0 atom stereocenters. The average Bonchev–Trinajstić information content (AvgIpc) is 2.38. The zero-order valence-corrected chi connectivity index (χ0v) is 12.8. The summed E-state index contributed by atoms with van der Waals surface area (Å²) in [6.07, 6.45) is 1.46. The summed E-state index contributed by atoms with van der Waals surface area (Å²) in [6.45, 7) is 1.37. The summed E-state index contributed by atoms with van der Waals surface area (Å²) in [7, 11) is -3.74. The van der Waals surface area contributed by atoms with E-state index < -0.39 is 15.8 Å². The molecule has 106 valence electrons. The van der Waals surface area contributed by atoms with Crippen LogP contribution < -0.4 is 5.73 Å². The molecule has 0 amide bonds. The Morgan fingerprint density at radius 3 is 2.53 bits per heavy atom. The predicted molar refractivity (Wildman–Crippen MR) is 74.6 cm³/mol. The van der Waals surface area contributed by atoms with E-state index in [-0.39, 0.29) is 4.90 Å². The van der Waals surface area contributed by atoms with Gasteiger partial charge in [0.05, 0.1) is 0 Å². The van der Waals surface area contributed by atoms with Crippen LogP contribution in [0.3, 0.4) is 0 Å². The molecule has 2 rings (SSSR count). The van der Waals surface area contributed by atoms with Gasteiger partial charge in [-0.3, -0.25) is 0 Å². The molecule has 19 heavy (non-hydrogen) atoms. The topological polar surface area (TPSA) is 63.4 Å². The molecular weight excluding hydrogens is 335 g/mol. The maximum absolute atomic E-state index is 13.8. The third kappa shape index (κ3) is 3.16. The monoisotopic (exact) mass is 350 g/mol. The fraction of sp³-hybridized carbons (Fsp3) is 0.500. The van der Waals surface area contributed by atoms with E-state index in [0.717, 1.165) is 12.8 Å². The van der Waals surface area contributed by atoms with Crippen LogP contribution >= 0.6 is 15.9 Å². The van der Waals surface area contributed by atoms with Gasteiger partial charge >= 0.3 is 0 Å². The Bertz CT molecular complexity index is 557. The van der Waals surface area contributed by atoms with Gasteiger partial charge in [-0.1, -0.05) is 15.9 Å². The molecule has 2 N–H and O–H groups in total. The van der Waals surface area contributed by atoms with Crippen molar-refractivity contribution >= 4 is 26.0 Å². The smallest absolute Gasteiger partial charge is 0.245 e. The van der Waals surface area contributed by atoms with Crippen LogP contribution in [0.1, 0.15) is 12.8 Å². The number of benzene rings is 1. The van der Waals surface area contributed by atoms with Gasteiger partial charge in [-0.2, -0.15) is 4.31 Å². The number of piperidine rings is 1. The molecular formula is C12H16BrFN2O2S. The highest BCUT2D eigenvalue weighted by Crippen LogP contribution is 2.26. The SMILES string of the molecule is NCC1CCN(S(=O)(=O)c2ccc(Br)cc2F)CC1. The van der Waals surface area contributed by atoms with Crippen molar-refractivity contribution in [2.45, 2.75) is 17.7 Å². The van der Waals surface area contributed by atoms with Crippen LogP contribution in [0.15, 0.2) is 27.6 Å². The Balaban J connectivity index is 2.23. The number of halogens is 2. The maximum atomic E-state index is 13.8. The number of hydrogen-bond donors (Lipinski definition) is 1. The first kappa shape index (κ1) is 14.9. The summed E-state index contributed by atoms with van der Waals surface area (Å²) in [5.41, 5.74) is 5.58. The van der Waals surface area contributed by atoms with E-state index in [4.69, 9.17) is 5.73 Å². The lowest BCUT2D eigenvalue weighted by atomic mass is 9.99. The first-order chi connectivity index (χ1) is 8.95. The van der Waals surface area contributed by atoms with Crippen LogP contribution in [0.5, 0.6) is 0 Å². The van der Waals surface area contributed by atoms with Gasteiger partial charge < -0.3 is 5.73 Å². The lowest BCUT2D eigenvalue weighted by molar-refractivity contribution is 0.278. The molecule has 7 heteroatoms. The van der Waals surface area contributed by atoms with Gasteiger partial charge in [0.15, 0.2) is 0 Å². The summed E-state index contributed by atoms with van der Waals surface area (Å²) in [6, 6.07) is 3.99. The van der Waals surface area contributed by atoms with Crippen LogP contribution in [0.2, 0.25) is 0 Å². The second-order valence-electron chi connectivity index (χ2n) is 4.66. The first-order valence-corrected chi connectivity index (χ1v) is 8.33. The van der Waals surface area contributed by atoms with Crippen molar-refractivity contribution < 1.29 is 12.8 Å². The fourth-order valence-corrected chi connectivity index (χ4v) is 4.06. The molecule has 0 aromatic heterocycles. The lowest BCUT2D eigenvalue weighted by Crippen LogP contribution is -2.40. The molecule has 1 aromatic rings. The third-order valence-electron chi connectivity index (χ3n) is 3.42. The van der Waals surface area contributed by atoms with E-state index in [2.05, 4.69) is 15.9 Å². The summed E-state index contributed by atoms with van der Waals surface area (Å²) in [4.78, 5) is -0.262. The van der Waals surface area contributed by atoms with E-state index in [0.29, 0.717) is 30.0 Å². The largest absolute Gasteiger partial charge is 0.330 e. The van der Waals surface area contributed by atoms with Gasteiger partial charge in [0.1, 0.15) is 10.7 Å². The lowest BCUT2D eigenvalue weighted by Gasteiger charge is -2.30. The Labute approximate surface area is 121 Å². The third-order valence-corrected chi connectivity index (χ3v) is 5.84. The van der Waals surface area contributed by atoms with Crippen molar-refractivity contribution in [3.8, 4) is 0 Å². The van der Waals surface area contributed by atoms with Gasteiger partial charge in [-0.05, 0) is 43.5 Å². The molecule has 1 heterocycles. The standard InChI is InChI=1S/C12H16BrFN2O2S/c13-10-1-2-12(11(14)7-10)19(17,18)16-5-3-9(8-15)4-6-16/h1-2,7,9H,3-6,8,15H2. The second-order valence-corrected chi connectivity index (χ2v) is 7.48. The normalized spacial score (nSPS) is 18.7. The van der Waals surface area contributed by atoms with E-state index in [9.17, 15) is 12.8 Å². The van der Waals surface area contributed by atoms with E-state index in [1.807, 2.05) is 0 Å². The van der Waals surface area contributed by atoms with E-state index >= 15 is 0 Å². The van der Waals surface area contributed by atoms with Crippen LogP contribution in [-0.2, 0) is 10.0 Å². The minimum absolute atomic E-state index is 0.262. The van der Waals surface area contributed by atoms with Crippen LogP contribution in [-0.4, -0.2) is 32.4 Å². The van der Waals surface area contributed by atoms with E-state index in [1.165, 1.54) is 22.5 Å². The zero-order valence-electron chi connectivity index (χ0n) is 10.4. The van der Waals surface area contributed by atoms with Gasteiger partial charge in [0.25, 0.3) is 0 Å². The highest BCUT2D eigenvalue weighted by atomic mass is 79.9. The van der Waals surface area contributed by atoms with Crippen molar-refractivity contribution in [3.63, 3.8) is 0 Å². The quantitative estimate of drug-likeness (QED) is 0.905. The first-order valence-electron chi connectivity index (χ1n) is 6.10. The van der Waals surface area contributed by atoms with Crippen molar-refractivity contribution in [1.82, 2.24) is 4.31 Å². The molecule has 0 bridgehead atoms. The summed E-state index contributed by atoms with van der Waals surface area (Å²) < 4.78 is 40.4. The Kier molecular flexibility index (Phi) is 4.60. The molecule has 1 aromatic carbocycles. The highest BCUT2D eigenvalue weighted by Gasteiger charge is 2.30. The minimum Gasteiger partial charge on any atom is -0.330 e. The number of nitrogens with two attached hydrogens (primary N) is 1. The van der Waals surface area contributed by atoms with Crippen LogP contribution in [0, 0.1) is 11.7 Å². The average molecular weight is 351 g/mol. The van der Waals surface area contributed by atoms with Crippen LogP contribution in [0.25, 0.3) is 0 Å². The Hall–Kier alpha value is -0.500. The molecule has 4 nitrogen and oxygen atoms in total. The fourth-order valence-electron chi connectivity index (χ4n) is 2.21. The van der Waals surface area contributed by atoms with Gasteiger partial charge in [0.2, 0.25) is 10.0 Å². The minimum atomic E-state index is -3.74. The van der Waals surface area contributed by atoms with Crippen molar-refractivity contribution in [3.05, 3.63) is 28.5 Å². The molecule has 0 radical (unpaired) electrons. The van der Waals surface area contributed by atoms with Gasteiger partial charge in [-0.25, -0.2) is 12.8 Å². The van der Waals surface area contributed by atoms with Crippen LogP contribution in [0.4, 0.5) is 4.39 Å². The van der Waals surface area contributed by atoms with Gasteiger partial charge in [-0.15, -0.1) is 0 Å². The van der Waals surface area contributed by atoms with E-state index in [1.54, 1.807) is 0 Å². The molecule has 1 aliphatic heterocycles. The summed E-state index contributed by atoms with van der Waals surface area (Å²) in [5, 5.41) is 0.